The van der Waals surface area contributed by atoms with Gasteiger partial charge < -0.3 is 14.9 Å². The van der Waals surface area contributed by atoms with Crippen molar-refractivity contribution in [3.8, 4) is 0 Å². The molecule has 4 nitrogen and oxygen atoms in total. The number of rotatable bonds is 3. The van der Waals surface area contributed by atoms with Crippen LogP contribution in [-0.4, -0.2) is 35.5 Å². The third-order valence-electron chi connectivity index (χ3n) is 2.67. The average Bonchev–Trinajstić information content (AvgIpc) is 2.31. The molecule has 0 spiro atoms. The summed E-state index contributed by atoms with van der Waals surface area (Å²) in [6, 6.07) is 0. The summed E-state index contributed by atoms with van der Waals surface area (Å²) < 4.78 is 4.78. The lowest BCUT2D eigenvalue weighted by molar-refractivity contribution is -0.133. The van der Waals surface area contributed by atoms with Crippen LogP contribution in [0.1, 0.15) is 6.92 Å². The minimum atomic E-state index is -0.678. The smallest absolute Gasteiger partial charge is 0.293 e. The fourth-order valence-corrected chi connectivity index (χ4v) is 1.81. The molecule has 0 heterocycles. The zero-order chi connectivity index (χ0) is 10.0. The molecule has 1 fully saturated rings. The summed E-state index contributed by atoms with van der Waals surface area (Å²) in [5.41, 5.74) is 0.592. The Morgan fingerprint density at radius 2 is 2.31 bits per heavy atom. The van der Waals surface area contributed by atoms with E-state index < -0.39 is 12.2 Å². The lowest BCUT2D eigenvalue weighted by Gasteiger charge is -2.15. The van der Waals surface area contributed by atoms with E-state index in [9.17, 15) is 9.90 Å². The van der Waals surface area contributed by atoms with Crippen LogP contribution in [-0.2, 0) is 9.53 Å². The fraction of sp³-hybridized carbons (Fsp3) is 0.667. The van der Waals surface area contributed by atoms with Crippen LogP contribution in [0.15, 0.2) is 12.2 Å². The highest BCUT2D eigenvalue weighted by Crippen LogP contribution is 2.36. The van der Waals surface area contributed by atoms with E-state index in [0.29, 0.717) is 12.0 Å². The van der Waals surface area contributed by atoms with Gasteiger partial charge in [-0.15, -0.1) is 0 Å². The van der Waals surface area contributed by atoms with E-state index in [0.717, 1.165) is 0 Å². The summed E-state index contributed by atoms with van der Waals surface area (Å²) in [7, 11) is 0. The Morgan fingerprint density at radius 1 is 1.69 bits per heavy atom. The van der Waals surface area contributed by atoms with E-state index >= 15 is 0 Å². The molecule has 74 valence electrons. The molecule has 0 saturated heterocycles. The monoisotopic (exact) mass is 186 g/mol. The summed E-state index contributed by atoms with van der Waals surface area (Å²) in [6.45, 7) is 5.65. The number of ether oxygens (including phenoxy) is 1. The SMILES string of the molecule is C=C1C(CO)C(O)C(C)C1OC=O. The molecule has 0 bridgehead atoms. The summed E-state index contributed by atoms with van der Waals surface area (Å²) in [5, 5.41) is 18.6. The Hall–Kier alpha value is -0.870. The van der Waals surface area contributed by atoms with Gasteiger partial charge in [0.1, 0.15) is 6.10 Å². The first-order valence-corrected chi connectivity index (χ1v) is 4.20. The van der Waals surface area contributed by atoms with Crippen molar-refractivity contribution in [2.45, 2.75) is 19.1 Å². The molecule has 1 rings (SSSR count). The third-order valence-corrected chi connectivity index (χ3v) is 2.67. The van der Waals surface area contributed by atoms with Gasteiger partial charge in [-0.2, -0.15) is 0 Å². The Bertz CT molecular complexity index is 214. The largest absolute Gasteiger partial charge is 0.460 e. The van der Waals surface area contributed by atoms with E-state index in [4.69, 9.17) is 9.84 Å². The van der Waals surface area contributed by atoms with Crippen molar-refractivity contribution in [3.05, 3.63) is 12.2 Å². The fourth-order valence-electron chi connectivity index (χ4n) is 1.81. The minimum Gasteiger partial charge on any atom is -0.460 e. The molecule has 0 aliphatic heterocycles. The maximum absolute atomic E-state index is 10.1. The van der Waals surface area contributed by atoms with Gasteiger partial charge in [0.25, 0.3) is 6.47 Å². The highest BCUT2D eigenvalue weighted by molar-refractivity contribution is 5.39. The van der Waals surface area contributed by atoms with Crippen molar-refractivity contribution in [1.82, 2.24) is 0 Å². The number of carbonyl (C=O) groups excluding carboxylic acids is 1. The van der Waals surface area contributed by atoms with Crippen molar-refractivity contribution in [2.24, 2.45) is 11.8 Å². The average molecular weight is 186 g/mol. The second kappa shape index (κ2) is 3.89. The van der Waals surface area contributed by atoms with Crippen molar-refractivity contribution < 1.29 is 19.7 Å². The number of aliphatic hydroxyl groups excluding tert-OH is 2. The standard InChI is InChI=1S/C9H14O4/c1-5-7(3-10)8(12)6(2)9(5)13-4-11/h4,6-10,12H,1,3H2,2H3. The highest BCUT2D eigenvalue weighted by atomic mass is 16.5. The van der Waals surface area contributed by atoms with Crippen LogP contribution in [0.25, 0.3) is 0 Å². The van der Waals surface area contributed by atoms with Crippen LogP contribution < -0.4 is 0 Å². The van der Waals surface area contributed by atoms with E-state index in [2.05, 4.69) is 6.58 Å². The topological polar surface area (TPSA) is 66.8 Å². The normalized spacial score (nSPS) is 39.2. The summed E-state index contributed by atoms with van der Waals surface area (Å²) in [6.07, 6.45) is -1.15. The van der Waals surface area contributed by atoms with E-state index in [-0.39, 0.29) is 18.4 Å². The van der Waals surface area contributed by atoms with Gasteiger partial charge in [0.05, 0.1) is 12.7 Å². The van der Waals surface area contributed by atoms with Crippen LogP contribution >= 0.6 is 0 Å². The molecule has 1 aliphatic carbocycles. The van der Waals surface area contributed by atoms with Gasteiger partial charge in [0, 0.05) is 11.8 Å². The lowest BCUT2D eigenvalue weighted by atomic mass is 10.0. The number of hydrogen-bond acceptors (Lipinski definition) is 4. The Balaban J connectivity index is 2.77. The molecular weight excluding hydrogens is 172 g/mol. The maximum atomic E-state index is 10.1. The molecule has 0 aromatic carbocycles. The second-order valence-electron chi connectivity index (χ2n) is 3.37. The van der Waals surface area contributed by atoms with Crippen LogP contribution in [0.5, 0.6) is 0 Å². The van der Waals surface area contributed by atoms with Gasteiger partial charge in [-0.1, -0.05) is 13.5 Å². The Kier molecular flexibility index (Phi) is 3.06. The maximum Gasteiger partial charge on any atom is 0.293 e. The Labute approximate surface area is 76.8 Å². The number of hydrogen-bond donors (Lipinski definition) is 2. The second-order valence-corrected chi connectivity index (χ2v) is 3.37. The van der Waals surface area contributed by atoms with Gasteiger partial charge in [0.15, 0.2) is 0 Å². The molecule has 0 aromatic heterocycles. The summed E-state index contributed by atoms with van der Waals surface area (Å²) in [5.74, 6) is -0.574. The number of aliphatic hydroxyl groups is 2. The molecule has 1 aliphatic rings. The molecule has 0 radical (unpaired) electrons. The van der Waals surface area contributed by atoms with E-state index in [1.54, 1.807) is 6.92 Å². The quantitative estimate of drug-likeness (QED) is 0.469. The van der Waals surface area contributed by atoms with Crippen molar-refractivity contribution in [2.75, 3.05) is 6.61 Å². The highest BCUT2D eigenvalue weighted by Gasteiger charge is 2.43. The summed E-state index contributed by atoms with van der Waals surface area (Å²) in [4.78, 5) is 10.1. The van der Waals surface area contributed by atoms with Gasteiger partial charge in [-0.3, -0.25) is 4.79 Å². The predicted octanol–water partition coefficient (Wildman–Crippen LogP) is -0.297. The zero-order valence-electron chi connectivity index (χ0n) is 7.51. The summed E-state index contributed by atoms with van der Waals surface area (Å²) >= 11 is 0. The molecule has 4 atom stereocenters. The molecule has 4 heteroatoms. The molecule has 0 amide bonds. The van der Waals surface area contributed by atoms with E-state index in [1.165, 1.54) is 0 Å². The van der Waals surface area contributed by atoms with Crippen molar-refractivity contribution >= 4 is 6.47 Å². The van der Waals surface area contributed by atoms with Crippen LogP contribution in [0.4, 0.5) is 0 Å². The molecule has 13 heavy (non-hydrogen) atoms. The van der Waals surface area contributed by atoms with Crippen LogP contribution in [0.2, 0.25) is 0 Å². The molecule has 0 aromatic rings. The Morgan fingerprint density at radius 3 is 2.69 bits per heavy atom. The first kappa shape index (κ1) is 10.2. The number of carbonyl (C=O) groups is 1. The van der Waals surface area contributed by atoms with Gasteiger partial charge in [-0.05, 0) is 5.57 Å². The molecule has 4 unspecified atom stereocenters. The minimum absolute atomic E-state index is 0.164. The molecular formula is C9H14O4. The lowest BCUT2D eigenvalue weighted by Crippen LogP contribution is -2.24. The predicted molar refractivity (Wildman–Crippen MR) is 45.8 cm³/mol. The zero-order valence-corrected chi connectivity index (χ0v) is 7.51. The first-order valence-electron chi connectivity index (χ1n) is 4.20. The van der Waals surface area contributed by atoms with Crippen molar-refractivity contribution in [3.63, 3.8) is 0 Å². The van der Waals surface area contributed by atoms with Crippen molar-refractivity contribution in [1.29, 1.82) is 0 Å². The van der Waals surface area contributed by atoms with Crippen LogP contribution in [0, 0.1) is 11.8 Å². The van der Waals surface area contributed by atoms with E-state index in [1.807, 2.05) is 0 Å². The van der Waals surface area contributed by atoms with Gasteiger partial charge in [0.2, 0.25) is 0 Å². The van der Waals surface area contributed by atoms with Gasteiger partial charge in [-0.25, -0.2) is 0 Å². The molecule has 1 saturated carbocycles. The van der Waals surface area contributed by atoms with Crippen LogP contribution in [0.3, 0.4) is 0 Å². The third kappa shape index (κ3) is 1.59. The molecule has 2 N–H and O–H groups in total. The van der Waals surface area contributed by atoms with Gasteiger partial charge >= 0.3 is 0 Å². The first-order chi connectivity index (χ1) is 6.13.